The minimum atomic E-state index is -0.828. The van der Waals surface area contributed by atoms with Crippen LogP contribution < -0.4 is 0 Å². The van der Waals surface area contributed by atoms with Crippen LogP contribution in [-0.2, 0) is 4.79 Å². The molecule has 0 aliphatic rings. The average molecular weight is 170 g/mol. The number of carboxylic acid groups (broad SMARTS) is 1. The number of carbonyl (C=O) groups is 1. The van der Waals surface area contributed by atoms with Crippen molar-refractivity contribution in [2.24, 2.45) is 11.3 Å². The van der Waals surface area contributed by atoms with Crippen molar-refractivity contribution in [3.05, 3.63) is 11.6 Å². The predicted molar refractivity (Wildman–Crippen MR) is 50.0 cm³/mol. The summed E-state index contributed by atoms with van der Waals surface area (Å²) in [5.41, 5.74) is 0.564. The Kier molecular flexibility index (Phi) is 3.50. The molecule has 0 radical (unpaired) electrons. The fourth-order valence-electron chi connectivity index (χ4n) is 0.696. The van der Waals surface area contributed by atoms with Gasteiger partial charge in [-0.15, -0.1) is 0 Å². The summed E-state index contributed by atoms with van der Waals surface area (Å²) in [7, 11) is 0. The first kappa shape index (κ1) is 11.2. The SMILES string of the molecule is CC(=CC(C)C(C)(C)C)C(=O)O. The third kappa shape index (κ3) is 3.56. The Morgan fingerprint density at radius 3 is 2.08 bits per heavy atom. The number of carboxylic acids is 1. The zero-order chi connectivity index (χ0) is 9.94. The highest BCUT2D eigenvalue weighted by Gasteiger charge is 2.18. The van der Waals surface area contributed by atoms with E-state index < -0.39 is 5.97 Å². The summed E-state index contributed by atoms with van der Waals surface area (Å²) >= 11 is 0. The molecule has 1 atom stereocenters. The summed E-state index contributed by atoms with van der Waals surface area (Å²) in [5, 5.41) is 8.63. The van der Waals surface area contributed by atoms with Crippen LogP contribution in [0.2, 0.25) is 0 Å². The van der Waals surface area contributed by atoms with Crippen LogP contribution >= 0.6 is 0 Å². The average Bonchev–Trinajstić information content (AvgIpc) is 1.85. The molecule has 0 aliphatic heterocycles. The Morgan fingerprint density at radius 1 is 1.42 bits per heavy atom. The number of aliphatic carboxylic acids is 1. The molecule has 12 heavy (non-hydrogen) atoms. The van der Waals surface area contributed by atoms with Crippen LogP contribution in [-0.4, -0.2) is 11.1 Å². The molecule has 0 aromatic heterocycles. The molecule has 1 unspecified atom stereocenters. The Bertz CT molecular complexity index is 196. The van der Waals surface area contributed by atoms with Crippen molar-refractivity contribution in [3.8, 4) is 0 Å². The topological polar surface area (TPSA) is 37.3 Å². The van der Waals surface area contributed by atoms with Crippen molar-refractivity contribution in [2.45, 2.75) is 34.6 Å². The number of allylic oxidation sites excluding steroid dienone is 1. The third-order valence-corrected chi connectivity index (χ3v) is 2.20. The van der Waals surface area contributed by atoms with Crippen molar-refractivity contribution in [1.82, 2.24) is 0 Å². The van der Waals surface area contributed by atoms with E-state index in [2.05, 4.69) is 20.8 Å². The predicted octanol–water partition coefficient (Wildman–Crippen LogP) is 2.70. The Morgan fingerprint density at radius 2 is 1.83 bits per heavy atom. The molecule has 70 valence electrons. The van der Waals surface area contributed by atoms with Gasteiger partial charge < -0.3 is 5.11 Å². The first-order valence-corrected chi connectivity index (χ1v) is 4.17. The summed E-state index contributed by atoms with van der Waals surface area (Å²) in [4.78, 5) is 10.5. The number of hydrogen-bond acceptors (Lipinski definition) is 1. The highest BCUT2D eigenvalue weighted by Crippen LogP contribution is 2.27. The first-order valence-electron chi connectivity index (χ1n) is 4.17. The lowest BCUT2D eigenvalue weighted by molar-refractivity contribution is -0.132. The van der Waals surface area contributed by atoms with E-state index in [1.807, 2.05) is 13.0 Å². The molecule has 2 nitrogen and oxygen atoms in total. The molecule has 0 heterocycles. The van der Waals surface area contributed by atoms with Gasteiger partial charge in [-0.2, -0.15) is 0 Å². The van der Waals surface area contributed by atoms with E-state index in [1.54, 1.807) is 6.92 Å². The second kappa shape index (κ2) is 3.74. The van der Waals surface area contributed by atoms with Crippen LogP contribution in [0.5, 0.6) is 0 Å². The highest BCUT2D eigenvalue weighted by molar-refractivity contribution is 5.85. The third-order valence-electron chi connectivity index (χ3n) is 2.20. The van der Waals surface area contributed by atoms with Gasteiger partial charge in [-0.3, -0.25) is 0 Å². The van der Waals surface area contributed by atoms with Gasteiger partial charge in [0.1, 0.15) is 0 Å². The van der Waals surface area contributed by atoms with Crippen LogP contribution in [0, 0.1) is 11.3 Å². The molecule has 0 aromatic rings. The zero-order valence-electron chi connectivity index (χ0n) is 8.51. The standard InChI is InChI=1S/C10H18O2/c1-7(9(11)12)6-8(2)10(3,4)5/h6,8H,1-5H3,(H,11,12). The minimum Gasteiger partial charge on any atom is -0.478 e. The van der Waals surface area contributed by atoms with Gasteiger partial charge in [0.25, 0.3) is 0 Å². The van der Waals surface area contributed by atoms with Crippen LogP contribution in [0.1, 0.15) is 34.6 Å². The number of hydrogen-bond donors (Lipinski definition) is 1. The van der Waals surface area contributed by atoms with Gasteiger partial charge in [0.05, 0.1) is 0 Å². The van der Waals surface area contributed by atoms with E-state index in [4.69, 9.17) is 5.11 Å². The molecule has 0 fully saturated rings. The van der Waals surface area contributed by atoms with Gasteiger partial charge in [0.2, 0.25) is 0 Å². The van der Waals surface area contributed by atoms with E-state index >= 15 is 0 Å². The Hall–Kier alpha value is -0.790. The molecule has 0 aliphatic carbocycles. The van der Waals surface area contributed by atoms with Crippen molar-refractivity contribution in [2.75, 3.05) is 0 Å². The van der Waals surface area contributed by atoms with Crippen molar-refractivity contribution < 1.29 is 9.90 Å². The maximum absolute atomic E-state index is 10.5. The molecular formula is C10H18O2. The summed E-state index contributed by atoms with van der Waals surface area (Å²) in [5.74, 6) is -0.542. The lowest BCUT2D eigenvalue weighted by atomic mass is 9.81. The fraction of sp³-hybridized carbons (Fsp3) is 0.700. The summed E-state index contributed by atoms with van der Waals surface area (Å²) in [6.45, 7) is 9.97. The van der Waals surface area contributed by atoms with E-state index in [1.165, 1.54) is 0 Å². The smallest absolute Gasteiger partial charge is 0.330 e. The molecule has 0 aromatic carbocycles. The second-order valence-corrected chi connectivity index (χ2v) is 4.31. The molecule has 0 amide bonds. The van der Waals surface area contributed by atoms with Crippen LogP contribution in [0.15, 0.2) is 11.6 Å². The first-order chi connectivity index (χ1) is 5.25. The quantitative estimate of drug-likeness (QED) is 0.647. The maximum atomic E-state index is 10.5. The van der Waals surface area contributed by atoms with Gasteiger partial charge >= 0.3 is 5.97 Å². The van der Waals surface area contributed by atoms with Crippen LogP contribution in [0.4, 0.5) is 0 Å². The molecule has 0 rings (SSSR count). The van der Waals surface area contributed by atoms with Gasteiger partial charge in [-0.25, -0.2) is 4.79 Å². The van der Waals surface area contributed by atoms with Crippen LogP contribution in [0.25, 0.3) is 0 Å². The maximum Gasteiger partial charge on any atom is 0.330 e. The van der Waals surface area contributed by atoms with Crippen molar-refractivity contribution in [3.63, 3.8) is 0 Å². The van der Waals surface area contributed by atoms with Gasteiger partial charge in [-0.05, 0) is 18.3 Å². The molecule has 0 saturated carbocycles. The molecule has 0 bridgehead atoms. The normalized spacial score (nSPS) is 15.9. The van der Waals surface area contributed by atoms with E-state index in [0.29, 0.717) is 5.57 Å². The molecule has 0 saturated heterocycles. The lowest BCUT2D eigenvalue weighted by Gasteiger charge is -2.24. The molecular weight excluding hydrogens is 152 g/mol. The summed E-state index contributed by atoms with van der Waals surface area (Å²) in [6, 6.07) is 0. The fourth-order valence-corrected chi connectivity index (χ4v) is 0.696. The number of rotatable bonds is 2. The van der Waals surface area contributed by atoms with Gasteiger partial charge in [0, 0.05) is 5.57 Å². The molecule has 2 heteroatoms. The van der Waals surface area contributed by atoms with Crippen molar-refractivity contribution in [1.29, 1.82) is 0 Å². The summed E-state index contributed by atoms with van der Waals surface area (Å²) in [6.07, 6.45) is 1.81. The monoisotopic (exact) mass is 170 g/mol. The van der Waals surface area contributed by atoms with Crippen LogP contribution in [0.3, 0.4) is 0 Å². The lowest BCUT2D eigenvalue weighted by Crippen LogP contribution is -2.16. The van der Waals surface area contributed by atoms with E-state index in [0.717, 1.165) is 0 Å². The largest absolute Gasteiger partial charge is 0.478 e. The molecule has 0 spiro atoms. The van der Waals surface area contributed by atoms with E-state index in [-0.39, 0.29) is 11.3 Å². The van der Waals surface area contributed by atoms with Gasteiger partial charge in [-0.1, -0.05) is 33.8 Å². The Labute approximate surface area is 74.3 Å². The summed E-state index contributed by atoms with van der Waals surface area (Å²) < 4.78 is 0. The molecule has 1 N–H and O–H groups in total. The minimum absolute atomic E-state index is 0.136. The Balaban J connectivity index is 4.44. The highest BCUT2D eigenvalue weighted by atomic mass is 16.4. The van der Waals surface area contributed by atoms with E-state index in [9.17, 15) is 4.79 Å². The van der Waals surface area contributed by atoms with Crippen molar-refractivity contribution >= 4 is 5.97 Å². The van der Waals surface area contributed by atoms with Gasteiger partial charge in [0.15, 0.2) is 0 Å². The zero-order valence-corrected chi connectivity index (χ0v) is 8.51. The second-order valence-electron chi connectivity index (χ2n) is 4.31.